The molecular formula is C27H38N2O3. The normalized spacial score (nSPS) is 12.2. The molecular weight excluding hydrogens is 400 g/mol. The van der Waals surface area contributed by atoms with E-state index in [4.69, 9.17) is 9.90 Å². The Balaban J connectivity index is 0.000000346. The van der Waals surface area contributed by atoms with Crippen LogP contribution >= 0.6 is 0 Å². The van der Waals surface area contributed by atoms with E-state index < -0.39 is 5.60 Å². The smallest absolute Gasteiger partial charge is 0.292 e. The van der Waals surface area contributed by atoms with E-state index in [0.29, 0.717) is 6.47 Å². The van der Waals surface area contributed by atoms with Crippen molar-refractivity contribution in [1.29, 1.82) is 0 Å². The predicted molar refractivity (Wildman–Crippen MR) is 134 cm³/mol. The van der Waals surface area contributed by atoms with Crippen LogP contribution in [0.1, 0.15) is 50.1 Å². The lowest BCUT2D eigenvalue weighted by Gasteiger charge is -2.25. The molecule has 2 heterocycles. The van der Waals surface area contributed by atoms with E-state index in [-0.39, 0.29) is 0 Å². The van der Waals surface area contributed by atoms with Gasteiger partial charge in [0, 0.05) is 24.2 Å². The molecule has 4 rings (SSSR count). The van der Waals surface area contributed by atoms with Gasteiger partial charge in [-0.2, -0.15) is 0 Å². The maximum Gasteiger partial charge on any atom is 0.292 e. The number of aliphatic hydroxyl groups is 1. The number of rotatable bonds is 3. The zero-order chi connectivity index (χ0) is 24.1. The van der Waals surface area contributed by atoms with Gasteiger partial charge in [0.1, 0.15) is 0 Å². The summed E-state index contributed by atoms with van der Waals surface area (Å²) in [6, 6.07) is 11.4. The highest BCUT2D eigenvalue weighted by Gasteiger charge is 2.23. The molecule has 32 heavy (non-hydrogen) atoms. The minimum Gasteiger partial charge on any atom is -0.471 e. The van der Waals surface area contributed by atoms with Crippen LogP contribution in [0.3, 0.4) is 0 Å². The Bertz CT molecular complexity index is 1050. The number of carbonyl (C=O) groups excluding carboxylic acids is 1. The van der Waals surface area contributed by atoms with Crippen LogP contribution < -0.4 is 5.32 Å². The molecule has 2 aromatic carbocycles. The van der Waals surface area contributed by atoms with Gasteiger partial charge < -0.3 is 19.7 Å². The average Bonchev–Trinajstić information content (AvgIpc) is 3.07. The van der Waals surface area contributed by atoms with Crippen LogP contribution in [0.5, 0.6) is 0 Å². The molecule has 3 aromatic rings. The lowest BCUT2D eigenvalue weighted by Crippen LogP contribution is -2.19. The molecule has 0 radical (unpaired) electrons. The standard InChI is InChI=1S/C21H24N2.C4H10O.C2H4O2/c1-5-17-15(4)20-21-18(12-14(3)23(21)11-10-22-20)19(17)16-8-6-13(2)7-9-16;1-4(2,3)5;1-4-2-3/h6-9,12,22H,5,10-11H2,1-4H3;5H,1-3H3;2H,1H3. The molecule has 1 aromatic heterocycles. The van der Waals surface area contributed by atoms with Gasteiger partial charge in [-0.15, -0.1) is 0 Å². The van der Waals surface area contributed by atoms with Crippen molar-refractivity contribution in [2.45, 2.75) is 67.0 Å². The number of carbonyl (C=O) groups is 1. The fourth-order valence-corrected chi connectivity index (χ4v) is 4.10. The van der Waals surface area contributed by atoms with Crippen LogP contribution in [0.2, 0.25) is 0 Å². The first kappa shape index (κ1) is 25.5. The fraction of sp³-hybridized carbons (Fsp3) is 0.444. The number of aryl methyl sites for hydroxylation is 2. The second kappa shape index (κ2) is 10.7. The first-order chi connectivity index (χ1) is 15.0. The van der Waals surface area contributed by atoms with E-state index in [1.165, 1.54) is 57.2 Å². The van der Waals surface area contributed by atoms with Gasteiger partial charge in [0.25, 0.3) is 6.47 Å². The highest BCUT2D eigenvalue weighted by molar-refractivity contribution is 6.06. The number of ether oxygens (including phenoxy) is 1. The molecule has 0 saturated heterocycles. The van der Waals surface area contributed by atoms with Crippen LogP contribution in [0, 0.1) is 20.8 Å². The summed E-state index contributed by atoms with van der Waals surface area (Å²) in [4.78, 5) is 8.95. The van der Waals surface area contributed by atoms with Crippen molar-refractivity contribution in [1.82, 2.24) is 4.57 Å². The number of hydrogen-bond donors (Lipinski definition) is 2. The van der Waals surface area contributed by atoms with Gasteiger partial charge in [-0.1, -0.05) is 36.8 Å². The molecule has 1 aliphatic heterocycles. The zero-order valence-electron chi connectivity index (χ0n) is 20.8. The van der Waals surface area contributed by atoms with Crippen molar-refractivity contribution in [2.75, 3.05) is 19.0 Å². The predicted octanol–water partition coefficient (Wildman–Crippen LogP) is 5.79. The van der Waals surface area contributed by atoms with Crippen molar-refractivity contribution in [3.63, 3.8) is 0 Å². The summed E-state index contributed by atoms with van der Waals surface area (Å²) < 4.78 is 6.34. The van der Waals surface area contributed by atoms with Gasteiger partial charge >= 0.3 is 0 Å². The molecule has 5 nitrogen and oxygen atoms in total. The number of nitrogens with one attached hydrogen (secondary N) is 1. The SMILES string of the molecule is CC(C)(C)O.CCc1c(C)c2c3c(cc(C)n3CCN2)c1-c1ccc(C)cc1.COC=O. The molecule has 0 aliphatic carbocycles. The summed E-state index contributed by atoms with van der Waals surface area (Å²) in [6.45, 7) is 16.6. The molecule has 5 heteroatoms. The van der Waals surface area contributed by atoms with Gasteiger partial charge in [-0.05, 0) is 76.3 Å². The Kier molecular flexibility index (Phi) is 8.51. The minimum absolute atomic E-state index is 0.375. The summed E-state index contributed by atoms with van der Waals surface area (Å²) in [5.74, 6) is 0. The number of methoxy groups -OCH3 is 1. The third-order valence-corrected chi connectivity index (χ3v) is 5.37. The molecule has 0 spiro atoms. The summed E-state index contributed by atoms with van der Waals surface area (Å²) in [5.41, 5.74) is 10.6. The Morgan fingerprint density at radius 2 is 1.72 bits per heavy atom. The third kappa shape index (κ3) is 5.92. The van der Waals surface area contributed by atoms with Crippen molar-refractivity contribution in [3.8, 4) is 11.1 Å². The van der Waals surface area contributed by atoms with Crippen LogP contribution in [-0.2, 0) is 22.5 Å². The second-order valence-corrected chi connectivity index (χ2v) is 9.20. The summed E-state index contributed by atoms with van der Waals surface area (Å²) >= 11 is 0. The molecule has 174 valence electrons. The minimum atomic E-state index is -0.500. The Morgan fingerprint density at radius 1 is 1.16 bits per heavy atom. The molecule has 0 saturated carbocycles. The quantitative estimate of drug-likeness (QED) is 0.508. The van der Waals surface area contributed by atoms with Gasteiger partial charge in [-0.3, -0.25) is 4.79 Å². The number of aromatic nitrogens is 1. The fourth-order valence-electron chi connectivity index (χ4n) is 4.10. The number of hydrogen-bond acceptors (Lipinski definition) is 4. The molecule has 0 unspecified atom stereocenters. The first-order valence-electron chi connectivity index (χ1n) is 11.2. The van der Waals surface area contributed by atoms with E-state index in [1.807, 2.05) is 0 Å². The maximum absolute atomic E-state index is 8.95. The maximum atomic E-state index is 8.95. The van der Waals surface area contributed by atoms with E-state index in [2.05, 4.69) is 72.6 Å². The number of nitrogens with zero attached hydrogens (tertiary/aromatic N) is 1. The topological polar surface area (TPSA) is 63.5 Å². The van der Waals surface area contributed by atoms with Crippen molar-refractivity contribution < 1.29 is 14.6 Å². The molecule has 2 N–H and O–H groups in total. The van der Waals surface area contributed by atoms with Gasteiger partial charge in [0.15, 0.2) is 0 Å². The van der Waals surface area contributed by atoms with Crippen LogP contribution in [0.25, 0.3) is 22.0 Å². The monoisotopic (exact) mass is 438 g/mol. The number of benzene rings is 2. The van der Waals surface area contributed by atoms with E-state index in [1.54, 1.807) is 20.8 Å². The molecule has 0 fully saturated rings. The van der Waals surface area contributed by atoms with Gasteiger partial charge in [0.2, 0.25) is 0 Å². The molecule has 0 atom stereocenters. The van der Waals surface area contributed by atoms with Crippen LogP contribution in [0.4, 0.5) is 5.69 Å². The Labute approximate surface area is 192 Å². The number of anilines is 1. The lowest BCUT2D eigenvalue weighted by molar-refractivity contribution is -0.126. The zero-order valence-corrected chi connectivity index (χ0v) is 20.8. The molecule has 1 aliphatic rings. The van der Waals surface area contributed by atoms with Crippen molar-refractivity contribution >= 4 is 23.1 Å². The second-order valence-electron chi connectivity index (χ2n) is 9.20. The average molecular weight is 439 g/mol. The Morgan fingerprint density at radius 3 is 2.22 bits per heavy atom. The first-order valence-corrected chi connectivity index (χ1v) is 11.2. The van der Waals surface area contributed by atoms with E-state index in [9.17, 15) is 0 Å². The highest BCUT2D eigenvalue weighted by atomic mass is 16.5. The largest absolute Gasteiger partial charge is 0.471 e. The third-order valence-electron chi connectivity index (χ3n) is 5.37. The lowest BCUT2D eigenvalue weighted by atomic mass is 9.89. The van der Waals surface area contributed by atoms with Crippen molar-refractivity contribution in [2.24, 2.45) is 0 Å². The van der Waals surface area contributed by atoms with Crippen molar-refractivity contribution in [3.05, 3.63) is 52.7 Å². The van der Waals surface area contributed by atoms with Gasteiger partial charge in [-0.25, -0.2) is 0 Å². The summed E-state index contributed by atoms with van der Waals surface area (Å²) in [6.07, 6.45) is 1.06. The van der Waals surface area contributed by atoms with Gasteiger partial charge in [0.05, 0.1) is 23.9 Å². The summed E-state index contributed by atoms with van der Waals surface area (Å²) in [5, 5.41) is 13.6. The van der Waals surface area contributed by atoms with Crippen LogP contribution in [-0.4, -0.2) is 35.4 Å². The molecule has 0 amide bonds. The molecule has 0 bridgehead atoms. The van der Waals surface area contributed by atoms with E-state index in [0.717, 1.165) is 19.5 Å². The summed E-state index contributed by atoms with van der Waals surface area (Å²) in [7, 11) is 1.31. The Hall–Kier alpha value is -2.79. The van der Waals surface area contributed by atoms with Crippen LogP contribution in [0.15, 0.2) is 30.3 Å². The highest BCUT2D eigenvalue weighted by Crippen LogP contribution is 2.42. The van der Waals surface area contributed by atoms with E-state index >= 15 is 0 Å².